The van der Waals surface area contributed by atoms with Gasteiger partial charge in [0.15, 0.2) is 25.0 Å². The summed E-state index contributed by atoms with van der Waals surface area (Å²) in [5.74, 6) is 5.76. The largest absolute Gasteiger partial charge is 0.469 e. The molecule has 14 heteroatoms. The fourth-order valence-corrected chi connectivity index (χ4v) is 13.5. The van der Waals surface area contributed by atoms with Crippen LogP contribution in [0.3, 0.4) is 0 Å². The first-order chi connectivity index (χ1) is 25.9. The number of esters is 1. The van der Waals surface area contributed by atoms with Gasteiger partial charge in [0.1, 0.15) is 30.5 Å². The molecule has 8 atom stereocenters. The zero-order valence-corrected chi connectivity index (χ0v) is 43.2. The van der Waals surface area contributed by atoms with Crippen LogP contribution in [-0.2, 0) is 41.8 Å². The smallest absolute Gasteiger partial charge is 0.308 e. The second kappa shape index (κ2) is 20.8. The van der Waals surface area contributed by atoms with E-state index in [1.807, 2.05) is 0 Å². The Morgan fingerprint density at radius 2 is 1.48 bits per heavy atom. The van der Waals surface area contributed by atoms with Gasteiger partial charge in [0.2, 0.25) is 5.79 Å². The Bertz CT molecular complexity index is 1340. The van der Waals surface area contributed by atoms with Crippen molar-refractivity contribution in [2.45, 2.75) is 216 Å². The summed E-state index contributed by atoms with van der Waals surface area (Å²) in [6.07, 6.45) is 0.847. The minimum Gasteiger partial charge on any atom is -0.469 e. The molecule has 0 saturated carbocycles. The zero-order chi connectivity index (χ0) is 42.3. The lowest BCUT2D eigenvalue weighted by molar-refractivity contribution is -0.266. The Balaban J connectivity index is 2.28. The number of hydrogen-bond donors (Lipinski definition) is 0. The molecule has 0 amide bonds. The molecule has 3 heterocycles. The average Bonchev–Trinajstić information content (AvgIpc) is 3.11. The van der Waals surface area contributed by atoms with E-state index in [9.17, 15) is 4.79 Å². The van der Waals surface area contributed by atoms with E-state index in [0.717, 1.165) is 28.1 Å². The molecule has 0 spiro atoms. The fraction of sp³-hybridized carbons (Fsp3) is 0.881. The molecule has 324 valence electrons. The van der Waals surface area contributed by atoms with Gasteiger partial charge < -0.3 is 37.0 Å². The zero-order valence-electron chi connectivity index (χ0n) is 37.2. The molecule has 0 bridgehead atoms. The van der Waals surface area contributed by atoms with Crippen molar-refractivity contribution in [2.75, 3.05) is 20.3 Å². The number of allylic oxidation sites excluding steroid dienone is 1. The van der Waals surface area contributed by atoms with Crippen LogP contribution in [0, 0.1) is 11.8 Å². The van der Waals surface area contributed by atoms with Crippen molar-refractivity contribution in [3.05, 3.63) is 10.2 Å². The summed E-state index contributed by atoms with van der Waals surface area (Å²) in [5.41, 5.74) is 0. The van der Waals surface area contributed by atoms with E-state index >= 15 is 0 Å². The van der Waals surface area contributed by atoms with Crippen molar-refractivity contribution in [1.82, 2.24) is 0 Å². The number of fused-ring (bicyclic) bond motifs is 1. The summed E-state index contributed by atoms with van der Waals surface area (Å²) in [4.78, 5) is 12.5. The molecule has 0 radical (unpaired) electrons. The predicted molar refractivity (Wildman–Crippen MR) is 243 cm³/mol. The number of hydrogen-bond acceptors (Lipinski definition) is 9. The van der Waals surface area contributed by atoms with Crippen molar-refractivity contribution in [3.63, 3.8) is 0 Å². The number of carbonyl (C=O) groups excluding carboxylic acids is 1. The highest BCUT2D eigenvalue weighted by Gasteiger charge is 2.58. The fourth-order valence-electron chi connectivity index (χ4n) is 7.12. The minimum atomic E-state index is -2.48. The van der Waals surface area contributed by atoms with E-state index < -0.39 is 61.3 Å². The number of carbonyl (C=O) groups is 1. The van der Waals surface area contributed by atoms with E-state index in [4.69, 9.17) is 48.6 Å². The predicted octanol–water partition coefficient (Wildman–Crippen LogP) is 10.9. The maximum atomic E-state index is 12.5. The molecule has 0 aromatic heterocycles. The van der Waals surface area contributed by atoms with Crippen LogP contribution in [-0.4, -0.2) is 105 Å². The first-order valence-electron chi connectivity index (χ1n) is 21.1. The lowest BCUT2D eigenvalue weighted by Gasteiger charge is -2.55. The maximum absolute atomic E-state index is 12.5. The molecule has 9 nitrogen and oxygen atoms in total. The van der Waals surface area contributed by atoms with Crippen LogP contribution in [0.1, 0.15) is 107 Å². The molecule has 0 aromatic carbocycles. The summed E-state index contributed by atoms with van der Waals surface area (Å²) >= 11 is 9.03. The van der Waals surface area contributed by atoms with Gasteiger partial charge in [-0.25, -0.2) is 0 Å². The van der Waals surface area contributed by atoms with Crippen LogP contribution >= 0.6 is 34.2 Å². The Hall–Kier alpha value is 0.161. The third-order valence-corrected chi connectivity index (χ3v) is 27.5. The number of halogens is 2. The van der Waals surface area contributed by atoms with E-state index in [2.05, 4.69) is 130 Å². The Labute approximate surface area is 362 Å². The summed E-state index contributed by atoms with van der Waals surface area (Å²) < 4.78 is 55.6. The van der Waals surface area contributed by atoms with Crippen LogP contribution in [0.2, 0.25) is 54.4 Å². The SMILES string of the molecule is C=C(I)C[C@H](Cl)CCC1(C#CC(O[Si](CC)(CC)CC)[C@@H]2O[C@H]3CC[C@H](CC(=O)OC)O[C@@H]3C(O[Si](C)(C)C(C)(C)C)C2O[Si](C)(C)C(C)(C)C)OCCCO1. The van der Waals surface area contributed by atoms with Gasteiger partial charge in [-0.1, -0.05) is 74.8 Å². The number of methoxy groups -OCH3 is 1. The number of rotatable bonds is 17. The molecular weight excluding hydrogens is 895 g/mol. The molecule has 3 aliphatic heterocycles. The highest BCUT2D eigenvalue weighted by molar-refractivity contribution is 14.1. The van der Waals surface area contributed by atoms with Crippen molar-refractivity contribution in [1.29, 1.82) is 0 Å². The van der Waals surface area contributed by atoms with Crippen molar-refractivity contribution in [3.8, 4) is 11.8 Å². The van der Waals surface area contributed by atoms with Gasteiger partial charge in [-0.2, -0.15) is 0 Å². The van der Waals surface area contributed by atoms with Gasteiger partial charge in [0, 0.05) is 11.8 Å². The van der Waals surface area contributed by atoms with Gasteiger partial charge in [0.05, 0.1) is 39.0 Å². The van der Waals surface area contributed by atoms with E-state index in [-0.39, 0.29) is 40.1 Å². The normalized spacial score (nSPS) is 27.4. The molecular formula is C42H76ClIO9Si3. The van der Waals surface area contributed by atoms with E-state index in [0.29, 0.717) is 45.3 Å². The number of ether oxygens (including phenoxy) is 5. The van der Waals surface area contributed by atoms with Gasteiger partial charge in [0.25, 0.3) is 0 Å². The molecule has 0 aliphatic carbocycles. The average molecular weight is 972 g/mol. The van der Waals surface area contributed by atoms with Crippen molar-refractivity contribution >= 4 is 65.1 Å². The molecule has 0 aromatic rings. The third kappa shape index (κ3) is 13.3. The first-order valence-corrected chi connectivity index (χ1v) is 30.9. The highest BCUT2D eigenvalue weighted by atomic mass is 127. The Morgan fingerprint density at radius 1 is 0.929 bits per heavy atom. The first kappa shape index (κ1) is 50.5. The summed E-state index contributed by atoms with van der Waals surface area (Å²) in [5, 5.41) is -0.306. The standard InChI is InChI=1S/C42H76ClIO9Si3/c1-16-56(17-2,18-3)51-34(23-25-42(47-26-19-27-48-42)24-22-31(43)28-30(4)44)37-39(53-55(14,15)41(8,9)10)38(52-54(12,13)40(5,6)7)36-33(50-37)21-20-32(49-36)29-35(45)46-11/h31-34,36-39H,4,16-22,24,26-29H2,1-3,5-15H3/t31-,32-,33+,34?,36+,37+,38?,39?/m1/s1. The quantitative estimate of drug-likeness (QED) is 0.0465. The van der Waals surface area contributed by atoms with E-state index in [1.165, 1.54) is 7.11 Å². The van der Waals surface area contributed by atoms with Crippen molar-refractivity contribution < 1.29 is 41.8 Å². The van der Waals surface area contributed by atoms with Crippen molar-refractivity contribution in [2.24, 2.45) is 0 Å². The molecule has 0 N–H and O–H groups in total. The molecule has 3 saturated heterocycles. The lowest BCUT2D eigenvalue weighted by atomic mass is 9.87. The van der Waals surface area contributed by atoms with Crippen LogP contribution < -0.4 is 0 Å². The maximum Gasteiger partial charge on any atom is 0.308 e. The summed E-state index contributed by atoms with van der Waals surface area (Å²) in [6.45, 7) is 34.5. The molecule has 3 rings (SSSR count). The van der Waals surface area contributed by atoms with Crippen LogP contribution in [0.5, 0.6) is 0 Å². The van der Waals surface area contributed by atoms with Gasteiger partial charge in [-0.3, -0.25) is 4.79 Å². The van der Waals surface area contributed by atoms with Crippen LogP contribution in [0.15, 0.2) is 10.2 Å². The molecule has 3 unspecified atom stereocenters. The van der Waals surface area contributed by atoms with Gasteiger partial charge >= 0.3 is 5.97 Å². The molecule has 56 heavy (non-hydrogen) atoms. The second-order valence-electron chi connectivity index (χ2n) is 19.1. The van der Waals surface area contributed by atoms with E-state index in [1.54, 1.807) is 0 Å². The summed E-state index contributed by atoms with van der Waals surface area (Å²) in [7, 11) is -5.78. The molecule has 3 aliphatic rings. The minimum absolute atomic E-state index is 0.0890. The Morgan fingerprint density at radius 3 is 1.98 bits per heavy atom. The monoisotopic (exact) mass is 970 g/mol. The second-order valence-corrected chi connectivity index (χ2v) is 35.5. The summed E-state index contributed by atoms with van der Waals surface area (Å²) in [6, 6.07) is 2.83. The van der Waals surface area contributed by atoms with Gasteiger partial charge in [-0.05, 0) is 119 Å². The third-order valence-electron chi connectivity index (χ3n) is 13.1. The Kier molecular flexibility index (Phi) is 18.8. The topological polar surface area (TPSA) is 90.9 Å². The lowest BCUT2D eigenvalue weighted by Crippen LogP contribution is -2.69. The van der Waals surface area contributed by atoms with Gasteiger partial charge in [-0.15, -0.1) is 11.6 Å². The van der Waals surface area contributed by atoms with Crippen LogP contribution in [0.25, 0.3) is 0 Å². The number of alkyl halides is 1. The van der Waals surface area contributed by atoms with Crippen LogP contribution in [0.4, 0.5) is 0 Å². The molecule has 3 fully saturated rings. The highest BCUT2D eigenvalue weighted by Crippen LogP contribution is 2.46.